The number of aromatic nitrogens is 1. The molecule has 3 rings (SSSR count). The molecule has 1 unspecified atom stereocenters. The molecular formula is C27H34N2O6. The maximum absolute atomic E-state index is 11.0. The highest BCUT2D eigenvalue weighted by atomic mass is 16.5. The lowest BCUT2D eigenvalue weighted by molar-refractivity contribution is -0.147. The van der Waals surface area contributed by atoms with Crippen LogP contribution in [0.1, 0.15) is 47.4 Å². The number of carbonyl (C=O) groups excluding carboxylic acids is 2. The summed E-state index contributed by atoms with van der Waals surface area (Å²) in [6.07, 6.45) is 2.52. The molecule has 0 aliphatic heterocycles. The Morgan fingerprint density at radius 2 is 1.51 bits per heavy atom. The quantitative estimate of drug-likeness (QED) is 0.442. The summed E-state index contributed by atoms with van der Waals surface area (Å²) in [5, 5.41) is 18.0. The number of aromatic hydroxyl groups is 2. The van der Waals surface area contributed by atoms with E-state index in [-0.39, 0.29) is 29.3 Å². The number of hydrogen-bond donors (Lipinski definition) is 3. The Balaban J connectivity index is 0.000000274. The number of amides is 1. The van der Waals surface area contributed by atoms with Crippen molar-refractivity contribution >= 4 is 11.9 Å². The van der Waals surface area contributed by atoms with Crippen LogP contribution in [0.5, 0.6) is 17.2 Å². The summed E-state index contributed by atoms with van der Waals surface area (Å²) in [5.41, 5.74) is 8.36. The highest BCUT2D eigenvalue weighted by molar-refractivity contribution is 5.94. The number of benzene rings is 2. The smallest absolute Gasteiger partial charge is 0.305 e. The highest BCUT2D eigenvalue weighted by Gasteiger charge is 2.12. The maximum Gasteiger partial charge on any atom is 0.305 e. The summed E-state index contributed by atoms with van der Waals surface area (Å²) in [6.45, 7) is 7.78. The van der Waals surface area contributed by atoms with E-state index in [0.717, 1.165) is 6.42 Å². The standard InChI is InChI=1S/C13H18O2.C7H8N2O3.C7H8O/c1-4-13(14)15-11(3)9-12-7-5-10(2)6-8-12;1-12-4-2-3-9-5(6(4)10)7(8)11;1-6-2-4-7(8)5-3-6/h5-8,11H,4,9H2,1-3H3;2-3,10H,1H3,(H2,8,11);2-5,8H,1H3. The second-order valence-electron chi connectivity index (χ2n) is 7.75. The van der Waals surface area contributed by atoms with E-state index in [4.69, 9.17) is 20.3 Å². The van der Waals surface area contributed by atoms with Crippen LogP contribution in [-0.4, -0.2) is 40.3 Å². The SMILES string of the molecule is CCC(=O)OC(C)Cc1ccc(C)cc1.COc1ccnc(C(N)=O)c1O.Cc1ccc(O)cc1. The van der Waals surface area contributed by atoms with E-state index in [9.17, 15) is 14.7 Å². The first-order valence-electron chi connectivity index (χ1n) is 11.1. The third-order valence-corrected chi connectivity index (χ3v) is 4.64. The number of methoxy groups -OCH3 is 1. The van der Waals surface area contributed by atoms with E-state index in [2.05, 4.69) is 36.2 Å². The van der Waals surface area contributed by atoms with Crippen molar-refractivity contribution in [1.29, 1.82) is 0 Å². The van der Waals surface area contributed by atoms with Gasteiger partial charge in [-0.25, -0.2) is 4.98 Å². The number of esters is 1. The zero-order valence-corrected chi connectivity index (χ0v) is 20.8. The average Bonchev–Trinajstić information content (AvgIpc) is 2.83. The number of hydrogen-bond acceptors (Lipinski definition) is 7. The molecule has 1 heterocycles. The van der Waals surface area contributed by atoms with Gasteiger partial charge in [-0.1, -0.05) is 54.4 Å². The molecular weight excluding hydrogens is 448 g/mol. The minimum absolute atomic E-state index is 0.0415. The van der Waals surface area contributed by atoms with Crippen LogP contribution in [0.2, 0.25) is 0 Å². The van der Waals surface area contributed by atoms with Crippen molar-refractivity contribution in [3.05, 3.63) is 83.2 Å². The number of ether oxygens (including phenoxy) is 2. The lowest BCUT2D eigenvalue weighted by atomic mass is 10.1. The Morgan fingerprint density at radius 1 is 0.971 bits per heavy atom. The molecule has 1 aromatic heterocycles. The zero-order valence-electron chi connectivity index (χ0n) is 20.8. The van der Waals surface area contributed by atoms with E-state index < -0.39 is 5.91 Å². The average molecular weight is 483 g/mol. The number of pyridine rings is 1. The second kappa shape index (κ2) is 15.0. The molecule has 2 aromatic carbocycles. The molecule has 3 aromatic rings. The van der Waals surface area contributed by atoms with Crippen LogP contribution in [0.3, 0.4) is 0 Å². The van der Waals surface area contributed by atoms with Crippen molar-refractivity contribution < 1.29 is 29.3 Å². The second-order valence-corrected chi connectivity index (χ2v) is 7.75. The Labute approximate surface area is 206 Å². The number of aryl methyl sites for hydroxylation is 2. The van der Waals surface area contributed by atoms with Gasteiger partial charge in [0.1, 0.15) is 11.9 Å². The first-order chi connectivity index (χ1) is 16.6. The molecule has 0 bridgehead atoms. The Bertz CT molecular complexity index is 1050. The van der Waals surface area contributed by atoms with Gasteiger partial charge in [0.05, 0.1) is 7.11 Å². The van der Waals surface area contributed by atoms with Gasteiger partial charge in [0.2, 0.25) is 0 Å². The van der Waals surface area contributed by atoms with Gasteiger partial charge in [-0.3, -0.25) is 9.59 Å². The minimum Gasteiger partial charge on any atom is -0.508 e. The molecule has 0 saturated heterocycles. The van der Waals surface area contributed by atoms with E-state index in [1.807, 2.05) is 26.0 Å². The Morgan fingerprint density at radius 3 is 1.97 bits per heavy atom. The molecule has 8 nitrogen and oxygen atoms in total. The van der Waals surface area contributed by atoms with Crippen molar-refractivity contribution in [2.24, 2.45) is 5.73 Å². The van der Waals surface area contributed by atoms with Crippen LogP contribution >= 0.6 is 0 Å². The summed E-state index contributed by atoms with van der Waals surface area (Å²) in [4.78, 5) is 25.3. The zero-order chi connectivity index (χ0) is 26.4. The molecule has 0 radical (unpaired) electrons. The number of phenolic OH excluding ortho intramolecular Hbond substituents is 1. The lowest BCUT2D eigenvalue weighted by Crippen LogP contribution is -2.16. The fourth-order valence-electron chi connectivity index (χ4n) is 2.73. The van der Waals surface area contributed by atoms with Crippen LogP contribution in [0.25, 0.3) is 0 Å². The summed E-state index contributed by atoms with van der Waals surface area (Å²) < 4.78 is 9.93. The van der Waals surface area contributed by atoms with Gasteiger partial charge in [-0.2, -0.15) is 0 Å². The van der Waals surface area contributed by atoms with Crippen LogP contribution in [0, 0.1) is 13.8 Å². The number of nitrogens with two attached hydrogens (primary N) is 1. The lowest BCUT2D eigenvalue weighted by Gasteiger charge is -2.12. The van der Waals surface area contributed by atoms with E-state index in [0.29, 0.717) is 12.2 Å². The molecule has 1 atom stereocenters. The third-order valence-electron chi connectivity index (χ3n) is 4.64. The van der Waals surface area contributed by atoms with Gasteiger partial charge in [0, 0.05) is 25.1 Å². The first-order valence-corrected chi connectivity index (χ1v) is 11.1. The molecule has 4 N–H and O–H groups in total. The molecule has 35 heavy (non-hydrogen) atoms. The van der Waals surface area contributed by atoms with Crippen molar-refractivity contribution in [3.8, 4) is 17.2 Å². The Hall–Kier alpha value is -4.07. The number of nitrogens with zero attached hydrogens (tertiary/aromatic N) is 1. The van der Waals surface area contributed by atoms with Crippen molar-refractivity contribution in [1.82, 2.24) is 4.98 Å². The maximum atomic E-state index is 11.0. The normalized spacial score (nSPS) is 10.5. The highest BCUT2D eigenvalue weighted by Crippen LogP contribution is 2.26. The molecule has 0 aliphatic carbocycles. The summed E-state index contributed by atoms with van der Waals surface area (Å²) in [5.74, 6) is -0.733. The topological polar surface area (TPSA) is 132 Å². The fourth-order valence-corrected chi connectivity index (χ4v) is 2.73. The van der Waals surface area contributed by atoms with Crippen molar-refractivity contribution in [3.63, 3.8) is 0 Å². The summed E-state index contributed by atoms with van der Waals surface area (Å²) in [6, 6.07) is 16.8. The Kier molecular flexibility index (Phi) is 12.4. The number of primary amides is 1. The molecule has 0 fully saturated rings. The first kappa shape index (κ1) is 29.0. The number of carbonyl (C=O) groups is 2. The molecule has 0 aliphatic rings. The van der Waals surface area contributed by atoms with Crippen LogP contribution in [0.15, 0.2) is 60.8 Å². The molecule has 0 spiro atoms. The van der Waals surface area contributed by atoms with E-state index >= 15 is 0 Å². The van der Waals surface area contributed by atoms with Crippen LogP contribution in [-0.2, 0) is 16.0 Å². The van der Waals surface area contributed by atoms with Crippen molar-refractivity contribution in [2.45, 2.75) is 46.6 Å². The van der Waals surface area contributed by atoms with Gasteiger partial charge >= 0.3 is 5.97 Å². The number of rotatable bonds is 6. The largest absolute Gasteiger partial charge is 0.508 e. The van der Waals surface area contributed by atoms with Gasteiger partial charge in [-0.05, 0) is 38.5 Å². The minimum atomic E-state index is -0.786. The van der Waals surface area contributed by atoms with Crippen LogP contribution in [0.4, 0.5) is 0 Å². The van der Waals surface area contributed by atoms with E-state index in [1.54, 1.807) is 19.1 Å². The van der Waals surface area contributed by atoms with Crippen LogP contribution < -0.4 is 10.5 Å². The van der Waals surface area contributed by atoms with Gasteiger partial charge in [0.25, 0.3) is 5.91 Å². The molecule has 0 saturated carbocycles. The van der Waals surface area contributed by atoms with Crippen molar-refractivity contribution in [2.75, 3.05) is 7.11 Å². The monoisotopic (exact) mass is 482 g/mol. The molecule has 188 valence electrons. The van der Waals surface area contributed by atoms with Gasteiger partial charge in [0.15, 0.2) is 17.2 Å². The van der Waals surface area contributed by atoms with Gasteiger partial charge in [-0.15, -0.1) is 0 Å². The number of phenols is 1. The fraction of sp³-hybridized carbons (Fsp3) is 0.296. The predicted molar refractivity (Wildman–Crippen MR) is 135 cm³/mol. The third kappa shape index (κ3) is 11.1. The summed E-state index contributed by atoms with van der Waals surface area (Å²) >= 11 is 0. The predicted octanol–water partition coefficient (Wildman–Crippen LogP) is 4.47. The molecule has 8 heteroatoms. The van der Waals surface area contributed by atoms with Gasteiger partial charge < -0.3 is 25.4 Å². The summed E-state index contributed by atoms with van der Waals surface area (Å²) in [7, 11) is 1.37. The van der Waals surface area contributed by atoms with E-state index in [1.165, 1.54) is 36.1 Å². The molecule has 1 amide bonds.